The number of carbonyl (C=O) groups is 2. The highest BCUT2D eigenvalue weighted by molar-refractivity contribution is 5.98. The number of anilines is 1. The topological polar surface area (TPSA) is 93.1 Å². The molecule has 2 aliphatic heterocycles. The smallest absolute Gasteiger partial charge is 0.344 e. The molecule has 1 aromatic carbocycles. The van der Waals surface area contributed by atoms with Gasteiger partial charge in [-0.1, -0.05) is 0 Å². The lowest BCUT2D eigenvalue weighted by Crippen LogP contribution is -2.40. The number of likely N-dealkylation sites (N-methyl/N-ethyl adjacent to an activating group) is 1. The molecule has 2 atom stereocenters. The molecule has 9 nitrogen and oxygen atoms in total. The van der Waals surface area contributed by atoms with Gasteiger partial charge in [-0.05, 0) is 44.2 Å². The molecule has 3 heterocycles. The predicted molar refractivity (Wildman–Crippen MR) is 129 cm³/mol. The second-order valence-electron chi connectivity index (χ2n) is 9.88. The van der Waals surface area contributed by atoms with E-state index in [-0.39, 0.29) is 17.0 Å². The monoisotopic (exact) mass is 486 g/mol. The van der Waals surface area contributed by atoms with Crippen LogP contribution in [0.2, 0.25) is 0 Å². The summed E-state index contributed by atoms with van der Waals surface area (Å²) in [5, 5.41) is 3.60. The summed E-state index contributed by atoms with van der Waals surface area (Å²) in [5.41, 5.74) is -0.0154. The van der Waals surface area contributed by atoms with Crippen LogP contribution in [0.3, 0.4) is 0 Å². The standard InChI is InChI=1S/C25H31FN4O5/c1-28(2)20(31)13-35-25(33)17-11-30(15-6-7-15)21-16(23(17)32)9-18(26)22(24(21)34-3)29-10-14-5-4-8-27-19(14)12-29/h9,11,14-15,19,27H,4-8,10,12-13H2,1-3H3. The zero-order valence-corrected chi connectivity index (χ0v) is 20.3. The Morgan fingerprint density at radius 2 is 2.00 bits per heavy atom. The number of rotatable bonds is 6. The van der Waals surface area contributed by atoms with E-state index in [1.807, 2.05) is 9.47 Å². The number of fused-ring (bicyclic) bond motifs is 2. The lowest BCUT2D eigenvalue weighted by Gasteiger charge is -2.25. The average molecular weight is 487 g/mol. The molecule has 1 saturated carbocycles. The van der Waals surface area contributed by atoms with Crippen LogP contribution in [0, 0.1) is 11.7 Å². The molecular weight excluding hydrogens is 455 g/mol. The van der Waals surface area contributed by atoms with Crippen molar-refractivity contribution in [1.29, 1.82) is 0 Å². The van der Waals surface area contributed by atoms with Crippen LogP contribution in [0.4, 0.5) is 10.1 Å². The lowest BCUT2D eigenvalue weighted by molar-refractivity contribution is -0.131. The Bertz CT molecular complexity index is 1220. The van der Waals surface area contributed by atoms with Gasteiger partial charge in [-0.3, -0.25) is 9.59 Å². The van der Waals surface area contributed by atoms with Crippen molar-refractivity contribution in [3.8, 4) is 5.75 Å². The minimum atomic E-state index is -0.903. The first kappa shape index (κ1) is 23.6. The van der Waals surface area contributed by atoms with Gasteiger partial charge in [-0.25, -0.2) is 9.18 Å². The maximum atomic E-state index is 15.6. The average Bonchev–Trinajstić information content (AvgIpc) is 3.60. The predicted octanol–water partition coefficient (Wildman–Crippen LogP) is 1.92. The fourth-order valence-corrected chi connectivity index (χ4v) is 5.28. The molecule has 1 aromatic heterocycles. The van der Waals surface area contributed by atoms with Gasteiger partial charge in [0.1, 0.15) is 11.3 Å². The van der Waals surface area contributed by atoms with E-state index in [0.29, 0.717) is 42.0 Å². The van der Waals surface area contributed by atoms with Crippen molar-refractivity contribution < 1.29 is 23.5 Å². The summed E-state index contributed by atoms with van der Waals surface area (Å²) in [6.07, 6.45) is 5.42. The SMILES string of the molecule is COc1c(N2CC3CCCNC3C2)c(F)cc2c(=O)c(C(=O)OCC(=O)N(C)C)cn(C3CC3)c12. The summed E-state index contributed by atoms with van der Waals surface area (Å²) in [6, 6.07) is 1.59. The minimum absolute atomic E-state index is 0.0677. The molecule has 1 amide bonds. The highest BCUT2D eigenvalue weighted by Crippen LogP contribution is 2.45. The third kappa shape index (κ3) is 4.24. The number of ether oxygens (including phenoxy) is 2. The second-order valence-corrected chi connectivity index (χ2v) is 9.88. The number of pyridine rings is 1. The first-order chi connectivity index (χ1) is 16.8. The third-order valence-corrected chi connectivity index (χ3v) is 7.30. The zero-order valence-electron chi connectivity index (χ0n) is 20.3. The van der Waals surface area contributed by atoms with Crippen LogP contribution in [0.5, 0.6) is 5.75 Å². The van der Waals surface area contributed by atoms with Crippen LogP contribution in [-0.2, 0) is 9.53 Å². The fraction of sp³-hybridized carbons (Fsp3) is 0.560. The lowest BCUT2D eigenvalue weighted by atomic mass is 9.94. The molecule has 0 radical (unpaired) electrons. The maximum Gasteiger partial charge on any atom is 0.344 e. The van der Waals surface area contributed by atoms with Crippen molar-refractivity contribution in [1.82, 2.24) is 14.8 Å². The summed E-state index contributed by atoms with van der Waals surface area (Å²) < 4.78 is 28.3. The van der Waals surface area contributed by atoms with E-state index in [1.54, 1.807) is 14.1 Å². The van der Waals surface area contributed by atoms with Crippen LogP contribution >= 0.6 is 0 Å². The van der Waals surface area contributed by atoms with Crippen LogP contribution in [-0.4, -0.2) is 74.8 Å². The van der Waals surface area contributed by atoms with Crippen molar-refractivity contribution in [2.45, 2.75) is 37.8 Å². The first-order valence-electron chi connectivity index (χ1n) is 12.1. The summed E-state index contributed by atoms with van der Waals surface area (Å²) in [5.74, 6) is -1.11. The second kappa shape index (κ2) is 9.14. The number of piperidine rings is 1. The van der Waals surface area contributed by atoms with E-state index in [2.05, 4.69) is 5.32 Å². The third-order valence-electron chi connectivity index (χ3n) is 7.30. The Labute approximate surface area is 202 Å². The molecule has 2 saturated heterocycles. The van der Waals surface area contributed by atoms with Crippen LogP contribution in [0.1, 0.15) is 42.1 Å². The first-order valence-corrected chi connectivity index (χ1v) is 12.1. The van der Waals surface area contributed by atoms with Gasteiger partial charge < -0.3 is 29.2 Å². The molecule has 2 unspecified atom stereocenters. The van der Waals surface area contributed by atoms with Gasteiger partial charge in [0.15, 0.2) is 18.2 Å². The molecule has 188 valence electrons. The molecule has 35 heavy (non-hydrogen) atoms. The number of esters is 1. The normalized spacial score (nSPS) is 21.7. The summed E-state index contributed by atoms with van der Waals surface area (Å²) in [7, 11) is 4.57. The number of aromatic nitrogens is 1. The molecule has 1 aliphatic carbocycles. The number of carbonyl (C=O) groups excluding carboxylic acids is 2. The van der Waals surface area contributed by atoms with E-state index in [4.69, 9.17) is 9.47 Å². The Morgan fingerprint density at radius 3 is 2.66 bits per heavy atom. The van der Waals surface area contributed by atoms with Gasteiger partial charge in [-0.15, -0.1) is 0 Å². The van der Waals surface area contributed by atoms with Gasteiger partial charge in [-0.2, -0.15) is 0 Å². The van der Waals surface area contributed by atoms with Crippen molar-refractivity contribution in [3.63, 3.8) is 0 Å². The number of nitrogens with one attached hydrogen (secondary N) is 1. The number of hydrogen-bond donors (Lipinski definition) is 1. The van der Waals surface area contributed by atoms with Gasteiger partial charge in [0.2, 0.25) is 5.43 Å². The van der Waals surface area contributed by atoms with Crippen molar-refractivity contribution in [2.75, 3.05) is 52.3 Å². The van der Waals surface area contributed by atoms with E-state index in [1.165, 1.54) is 24.3 Å². The maximum absolute atomic E-state index is 15.6. The Morgan fingerprint density at radius 1 is 1.23 bits per heavy atom. The quantitative estimate of drug-likeness (QED) is 0.624. The molecule has 1 N–H and O–H groups in total. The summed E-state index contributed by atoms with van der Waals surface area (Å²) >= 11 is 0. The number of benzene rings is 1. The van der Waals surface area contributed by atoms with Gasteiger partial charge in [0, 0.05) is 45.5 Å². The highest BCUT2D eigenvalue weighted by atomic mass is 19.1. The molecular formula is C25H31FN4O5. The number of methoxy groups -OCH3 is 1. The number of halogens is 1. The molecule has 5 rings (SSSR count). The number of nitrogens with zero attached hydrogens (tertiary/aromatic N) is 3. The summed E-state index contributed by atoms with van der Waals surface area (Å²) in [4.78, 5) is 41.2. The van der Waals surface area contributed by atoms with Crippen molar-refractivity contribution in [2.24, 2.45) is 5.92 Å². The number of amides is 1. The molecule has 2 aromatic rings. The molecule has 3 fully saturated rings. The van der Waals surface area contributed by atoms with Crippen LogP contribution in [0.25, 0.3) is 10.9 Å². The van der Waals surface area contributed by atoms with Gasteiger partial charge >= 0.3 is 5.97 Å². The molecule has 0 spiro atoms. The van der Waals surface area contributed by atoms with Gasteiger partial charge in [0.25, 0.3) is 5.91 Å². The molecule has 10 heteroatoms. The Hall–Kier alpha value is -3.14. The van der Waals surface area contributed by atoms with Gasteiger partial charge in [0.05, 0.1) is 18.0 Å². The van der Waals surface area contributed by atoms with Crippen LogP contribution < -0.4 is 20.4 Å². The zero-order chi connectivity index (χ0) is 24.9. The Balaban J connectivity index is 1.59. The largest absolute Gasteiger partial charge is 0.492 e. The summed E-state index contributed by atoms with van der Waals surface area (Å²) in [6.45, 7) is 1.87. The molecule has 3 aliphatic rings. The van der Waals surface area contributed by atoms with Crippen molar-refractivity contribution >= 4 is 28.5 Å². The van der Waals surface area contributed by atoms with Crippen LogP contribution in [0.15, 0.2) is 17.1 Å². The van der Waals surface area contributed by atoms with E-state index in [9.17, 15) is 14.4 Å². The number of hydrogen-bond acceptors (Lipinski definition) is 7. The fourth-order valence-electron chi connectivity index (χ4n) is 5.28. The highest BCUT2D eigenvalue weighted by Gasteiger charge is 2.38. The van der Waals surface area contributed by atoms with E-state index in [0.717, 1.165) is 32.2 Å². The minimum Gasteiger partial charge on any atom is -0.492 e. The molecule has 0 bridgehead atoms. The Kier molecular flexibility index (Phi) is 6.16. The van der Waals surface area contributed by atoms with E-state index < -0.39 is 29.7 Å². The van der Waals surface area contributed by atoms with E-state index >= 15 is 4.39 Å². The van der Waals surface area contributed by atoms with Crippen molar-refractivity contribution in [3.05, 3.63) is 33.9 Å².